The van der Waals surface area contributed by atoms with Crippen molar-refractivity contribution in [2.24, 2.45) is 0 Å². The Morgan fingerprint density at radius 3 is 2.50 bits per heavy atom. The maximum Gasteiger partial charge on any atom is 0.305 e. The summed E-state index contributed by atoms with van der Waals surface area (Å²) in [5.74, 6) is -0.552. The first-order valence-electron chi connectivity index (χ1n) is 14.9. The van der Waals surface area contributed by atoms with Gasteiger partial charge in [-0.05, 0) is 25.0 Å². The minimum atomic E-state index is -0.210. The zero-order valence-corrected chi connectivity index (χ0v) is 24.6. The van der Waals surface area contributed by atoms with E-state index in [1.165, 1.54) is 0 Å². The lowest BCUT2D eigenvalue weighted by Gasteiger charge is -2.28. The minimum Gasteiger partial charge on any atom is -0.464 e. The molecular weight excluding hydrogens is 534 g/mol. The zero-order chi connectivity index (χ0) is 29.7. The highest BCUT2D eigenvalue weighted by atomic mass is 16.5. The van der Waals surface area contributed by atoms with Crippen molar-refractivity contribution >= 4 is 23.5 Å². The summed E-state index contributed by atoms with van der Waals surface area (Å²) in [6.07, 6.45) is 4.63. The van der Waals surface area contributed by atoms with Gasteiger partial charge in [-0.3, -0.25) is 14.4 Å². The summed E-state index contributed by atoms with van der Waals surface area (Å²) in [4.78, 5) is 40.0. The summed E-state index contributed by atoms with van der Waals surface area (Å²) >= 11 is 0. The number of para-hydroxylation sites is 1. The van der Waals surface area contributed by atoms with Crippen molar-refractivity contribution in [1.29, 1.82) is 0 Å². The largest absolute Gasteiger partial charge is 0.464 e. The van der Waals surface area contributed by atoms with Gasteiger partial charge in [0.25, 0.3) is 0 Å². The Morgan fingerprint density at radius 1 is 0.905 bits per heavy atom. The smallest absolute Gasteiger partial charge is 0.305 e. The van der Waals surface area contributed by atoms with Gasteiger partial charge in [-0.2, -0.15) is 0 Å². The van der Waals surface area contributed by atoms with Crippen molar-refractivity contribution < 1.29 is 23.9 Å². The molecule has 10 heteroatoms. The van der Waals surface area contributed by atoms with Gasteiger partial charge in [0.15, 0.2) is 0 Å². The molecule has 0 atom stereocenters. The van der Waals surface area contributed by atoms with Crippen LogP contribution in [-0.4, -0.2) is 59.1 Å². The number of carbonyl (C=O) groups excluding carboxylic acids is 3. The number of esters is 1. The predicted octanol–water partition coefficient (Wildman–Crippen LogP) is 4.91. The van der Waals surface area contributed by atoms with Gasteiger partial charge in [0.2, 0.25) is 11.8 Å². The normalized spacial score (nSPS) is 12.0. The van der Waals surface area contributed by atoms with E-state index in [1.54, 1.807) is 9.58 Å². The van der Waals surface area contributed by atoms with E-state index >= 15 is 0 Å². The third-order valence-corrected chi connectivity index (χ3v) is 7.23. The third kappa shape index (κ3) is 8.03. The number of hydrogen-bond donors (Lipinski definition) is 1. The highest BCUT2D eigenvalue weighted by molar-refractivity contribution is 6.01. The molecule has 3 aromatic rings. The summed E-state index contributed by atoms with van der Waals surface area (Å²) in [5, 5.41) is 11.8. The van der Waals surface area contributed by atoms with Crippen LogP contribution >= 0.6 is 0 Å². The Kier molecular flexibility index (Phi) is 11.6. The highest BCUT2D eigenvalue weighted by Gasteiger charge is 2.29. The first-order chi connectivity index (χ1) is 20.5. The van der Waals surface area contributed by atoms with Crippen molar-refractivity contribution in [3.8, 4) is 22.5 Å². The molecule has 0 bridgehead atoms. The SMILES string of the molecule is CCCCCCC(=O)OCCn1nnc2c1-c1ccccc1N(C(=O)CCC(=O)NCCOCC)Cc1ccccc1-2. The average Bonchev–Trinajstić information content (AvgIpc) is 3.41. The highest BCUT2D eigenvalue weighted by Crippen LogP contribution is 2.41. The second-order valence-corrected chi connectivity index (χ2v) is 10.2. The molecule has 0 unspecified atom stereocenters. The maximum atomic E-state index is 13.7. The molecule has 1 aliphatic heterocycles. The van der Waals surface area contributed by atoms with Crippen LogP contribution in [0, 0.1) is 0 Å². The maximum absolute atomic E-state index is 13.7. The lowest BCUT2D eigenvalue weighted by Crippen LogP contribution is -2.34. The van der Waals surface area contributed by atoms with E-state index in [0.717, 1.165) is 48.1 Å². The molecule has 42 heavy (non-hydrogen) atoms. The van der Waals surface area contributed by atoms with Gasteiger partial charge in [0.1, 0.15) is 12.3 Å². The molecule has 2 aromatic carbocycles. The van der Waals surface area contributed by atoms with Crippen LogP contribution in [0.15, 0.2) is 48.5 Å². The number of benzene rings is 2. The molecule has 1 aliphatic rings. The number of amides is 2. The van der Waals surface area contributed by atoms with Gasteiger partial charge < -0.3 is 19.7 Å². The van der Waals surface area contributed by atoms with Crippen LogP contribution in [0.4, 0.5) is 5.69 Å². The van der Waals surface area contributed by atoms with Gasteiger partial charge >= 0.3 is 5.97 Å². The van der Waals surface area contributed by atoms with Gasteiger partial charge in [-0.25, -0.2) is 4.68 Å². The second kappa shape index (κ2) is 15.8. The van der Waals surface area contributed by atoms with Crippen molar-refractivity contribution in [2.45, 2.75) is 71.9 Å². The van der Waals surface area contributed by atoms with E-state index in [4.69, 9.17) is 9.47 Å². The summed E-state index contributed by atoms with van der Waals surface area (Å²) in [6.45, 7) is 6.31. The van der Waals surface area contributed by atoms with Crippen LogP contribution in [0.1, 0.15) is 64.4 Å². The number of fused-ring (bicyclic) bond motifs is 5. The molecule has 2 heterocycles. The topological polar surface area (TPSA) is 116 Å². The lowest BCUT2D eigenvalue weighted by molar-refractivity contribution is -0.144. The monoisotopic (exact) mass is 575 g/mol. The van der Waals surface area contributed by atoms with Crippen LogP contribution in [0.25, 0.3) is 22.5 Å². The van der Waals surface area contributed by atoms with Crippen LogP contribution in [-0.2, 0) is 36.9 Å². The number of hydrogen-bond acceptors (Lipinski definition) is 7. The van der Waals surface area contributed by atoms with Gasteiger partial charge in [0, 0.05) is 43.5 Å². The number of carbonyl (C=O) groups is 3. The molecule has 0 saturated heterocycles. The molecule has 1 aromatic heterocycles. The standard InChI is InChI=1S/C32H41N5O5/c1-3-5-6-7-16-30(40)42-22-20-37-32-26-14-10-11-15-27(26)36(29(39)18-17-28(38)33-19-21-41-4-2)23-24-12-8-9-13-25(24)31(32)34-35-37/h8-15H,3-7,16-23H2,1-2H3,(H,33,38). The first kappa shape index (κ1) is 30.9. The molecule has 4 rings (SSSR count). The molecule has 0 saturated carbocycles. The minimum absolute atomic E-state index is 0.0650. The molecule has 0 radical (unpaired) electrons. The van der Waals surface area contributed by atoms with Gasteiger partial charge in [-0.1, -0.05) is 73.9 Å². The van der Waals surface area contributed by atoms with Crippen LogP contribution in [0.3, 0.4) is 0 Å². The second-order valence-electron chi connectivity index (χ2n) is 10.2. The molecule has 0 aliphatic carbocycles. The number of aromatic nitrogens is 3. The van der Waals surface area contributed by atoms with E-state index < -0.39 is 0 Å². The van der Waals surface area contributed by atoms with Crippen molar-refractivity contribution in [3.05, 3.63) is 54.1 Å². The van der Waals surface area contributed by atoms with Crippen LogP contribution in [0.2, 0.25) is 0 Å². The fourth-order valence-corrected chi connectivity index (χ4v) is 5.06. The molecule has 1 N–H and O–H groups in total. The molecular formula is C32H41N5O5. The third-order valence-electron chi connectivity index (χ3n) is 7.23. The number of nitrogens with zero attached hydrogens (tertiary/aromatic N) is 4. The Bertz CT molecular complexity index is 1350. The quantitative estimate of drug-likeness (QED) is 0.202. The molecule has 10 nitrogen and oxygen atoms in total. The number of nitrogens with one attached hydrogen (secondary N) is 1. The van der Waals surface area contributed by atoms with Crippen LogP contribution in [0.5, 0.6) is 0 Å². The fraction of sp³-hybridized carbons (Fsp3) is 0.469. The summed E-state index contributed by atoms with van der Waals surface area (Å²) < 4.78 is 12.5. The zero-order valence-electron chi connectivity index (χ0n) is 24.6. The molecule has 224 valence electrons. The van der Waals surface area contributed by atoms with Crippen molar-refractivity contribution in [2.75, 3.05) is 31.3 Å². The Labute approximate surface area is 247 Å². The first-order valence-corrected chi connectivity index (χ1v) is 14.9. The Balaban J connectivity index is 1.55. The lowest BCUT2D eigenvalue weighted by atomic mass is 9.95. The Morgan fingerprint density at radius 2 is 1.69 bits per heavy atom. The van der Waals surface area contributed by atoms with E-state index in [1.807, 2.05) is 55.5 Å². The molecule has 2 amide bonds. The Hall–Kier alpha value is -4.05. The average molecular weight is 576 g/mol. The van der Waals surface area contributed by atoms with Crippen molar-refractivity contribution in [1.82, 2.24) is 20.3 Å². The van der Waals surface area contributed by atoms with E-state index in [9.17, 15) is 14.4 Å². The van der Waals surface area contributed by atoms with Gasteiger partial charge in [-0.15, -0.1) is 5.10 Å². The molecule has 0 fully saturated rings. The van der Waals surface area contributed by atoms with E-state index in [0.29, 0.717) is 50.7 Å². The predicted molar refractivity (Wildman–Crippen MR) is 161 cm³/mol. The summed E-state index contributed by atoms with van der Waals surface area (Å²) in [7, 11) is 0. The number of ether oxygens (including phenoxy) is 2. The number of rotatable bonds is 15. The van der Waals surface area contributed by atoms with Gasteiger partial charge in [0.05, 0.1) is 31.1 Å². The van der Waals surface area contributed by atoms with E-state index in [-0.39, 0.29) is 37.2 Å². The van der Waals surface area contributed by atoms with Crippen molar-refractivity contribution in [3.63, 3.8) is 0 Å². The summed E-state index contributed by atoms with van der Waals surface area (Å²) in [6, 6.07) is 15.5. The fourth-order valence-electron chi connectivity index (χ4n) is 5.06. The number of anilines is 1. The summed E-state index contributed by atoms with van der Waals surface area (Å²) in [5.41, 5.74) is 4.78. The van der Waals surface area contributed by atoms with E-state index in [2.05, 4.69) is 22.6 Å². The van der Waals surface area contributed by atoms with Crippen LogP contribution < -0.4 is 10.2 Å². The molecule has 0 spiro atoms. The number of unbranched alkanes of at least 4 members (excludes halogenated alkanes) is 3.